The van der Waals surface area contributed by atoms with E-state index in [1.54, 1.807) is 25.1 Å². The third kappa shape index (κ3) is 3.48. The van der Waals surface area contributed by atoms with Crippen molar-refractivity contribution in [1.29, 1.82) is 0 Å². The number of nitro benzene ring substituents is 1. The molecule has 0 saturated carbocycles. The molecule has 0 unspecified atom stereocenters. The fraction of sp³-hybridized carbons (Fsp3) is 0.467. The first-order valence-electron chi connectivity index (χ1n) is 7.55. The zero-order valence-electron chi connectivity index (χ0n) is 12.8. The predicted molar refractivity (Wildman–Crippen MR) is 81.2 cm³/mol. The van der Waals surface area contributed by atoms with E-state index in [0.717, 1.165) is 19.4 Å². The lowest BCUT2D eigenvalue weighted by molar-refractivity contribution is -0.385. The summed E-state index contributed by atoms with van der Waals surface area (Å²) in [6.07, 6.45) is 2.02. The highest BCUT2D eigenvalue weighted by atomic mass is 16.6. The number of ether oxygens (including phenoxy) is 1. The molecule has 1 atom stereocenters. The number of hydrogen-bond acceptors (Lipinski definition) is 7. The molecule has 8 nitrogen and oxygen atoms in total. The van der Waals surface area contributed by atoms with E-state index in [1.165, 1.54) is 6.07 Å². The topological polar surface area (TPSA) is 94.5 Å². The lowest BCUT2D eigenvalue weighted by Crippen LogP contribution is -2.28. The molecule has 0 bridgehead atoms. The minimum absolute atomic E-state index is 0.0157. The third-order valence-electron chi connectivity index (χ3n) is 3.89. The van der Waals surface area contributed by atoms with Crippen LogP contribution in [0.2, 0.25) is 0 Å². The highest BCUT2D eigenvalue weighted by Crippen LogP contribution is 2.31. The number of likely N-dealkylation sites (tertiary alicyclic amines) is 1. The summed E-state index contributed by atoms with van der Waals surface area (Å²) in [5.41, 5.74) is -0.0157. The Hall–Kier alpha value is -2.48. The molecular formula is C15H18N4O4. The van der Waals surface area contributed by atoms with Crippen molar-refractivity contribution in [3.63, 3.8) is 0 Å². The molecule has 1 aromatic heterocycles. The Labute approximate surface area is 133 Å². The minimum atomic E-state index is -0.435. The van der Waals surface area contributed by atoms with Crippen molar-refractivity contribution in [2.24, 2.45) is 0 Å². The van der Waals surface area contributed by atoms with Crippen LogP contribution in [0.4, 0.5) is 5.69 Å². The molecule has 122 valence electrons. The van der Waals surface area contributed by atoms with Crippen LogP contribution in [0.1, 0.15) is 30.7 Å². The van der Waals surface area contributed by atoms with Crippen LogP contribution in [0.3, 0.4) is 0 Å². The molecule has 23 heavy (non-hydrogen) atoms. The van der Waals surface area contributed by atoms with Crippen molar-refractivity contribution >= 4 is 5.69 Å². The molecular weight excluding hydrogens is 300 g/mol. The summed E-state index contributed by atoms with van der Waals surface area (Å²) in [7, 11) is 0. The van der Waals surface area contributed by atoms with Crippen molar-refractivity contribution in [2.75, 3.05) is 19.7 Å². The molecule has 1 saturated heterocycles. The average molecular weight is 318 g/mol. The van der Waals surface area contributed by atoms with Gasteiger partial charge in [0, 0.05) is 19.5 Å². The highest BCUT2D eigenvalue weighted by molar-refractivity contribution is 5.45. The summed E-state index contributed by atoms with van der Waals surface area (Å²) in [4.78, 5) is 12.7. The number of nitrogens with zero attached hydrogens (tertiary/aromatic N) is 4. The maximum atomic E-state index is 11.0. The Bertz CT molecular complexity index is 688. The van der Waals surface area contributed by atoms with Crippen molar-refractivity contribution in [3.8, 4) is 5.75 Å². The molecule has 2 aromatic rings. The molecule has 0 spiro atoms. The van der Waals surface area contributed by atoms with Crippen molar-refractivity contribution in [1.82, 2.24) is 15.1 Å². The Morgan fingerprint density at radius 3 is 3.00 bits per heavy atom. The van der Waals surface area contributed by atoms with Crippen molar-refractivity contribution < 1.29 is 14.1 Å². The van der Waals surface area contributed by atoms with E-state index < -0.39 is 4.92 Å². The largest absolute Gasteiger partial charge is 0.485 e. The van der Waals surface area contributed by atoms with Crippen molar-refractivity contribution in [3.05, 3.63) is 46.2 Å². The molecule has 1 aliphatic rings. The summed E-state index contributed by atoms with van der Waals surface area (Å²) in [5.74, 6) is 1.48. The second-order valence-corrected chi connectivity index (χ2v) is 5.43. The maximum Gasteiger partial charge on any atom is 0.310 e. The van der Waals surface area contributed by atoms with Gasteiger partial charge in [-0.3, -0.25) is 15.0 Å². The molecule has 1 aliphatic heterocycles. The number of rotatable bonds is 6. The van der Waals surface area contributed by atoms with E-state index in [0.29, 0.717) is 30.7 Å². The van der Waals surface area contributed by atoms with Gasteiger partial charge in [0.05, 0.1) is 11.0 Å². The summed E-state index contributed by atoms with van der Waals surface area (Å²) < 4.78 is 11.1. The average Bonchev–Trinajstić information content (AvgIpc) is 3.16. The Morgan fingerprint density at radius 1 is 1.43 bits per heavy atom. The van der Waals surface area contributed by atoms with Gasteiger partial charge in [-0.2, -0.15) is 0 Å². The van der Waals surface area contributed by atoms with E-state index in [-0.39, 0.29) is 11.7 Å². The van der Waals surface area contributed by atoms with E-state index in [4.69, 9.17) is 9.15 Å². The fourth-order valence-corrected chi connectivity index (χ4v) is 2.82. The molecule has 0 amide bonds. The van der Waals surface area contributed by atoms with Gasteiger partial charge in [0.2, 0.25) is 11.8 Å². The van der Waals surface area contributed by atoms with Gasteiger partial charge < -0.3 is 9.15 Å². The number of aryl methyl sites for hydroxylation is 1. The van der Waals surface area contributed by atoms with Gasteiger partial charge in [0.15, 0.2) is 5.75 Å². The quantitative estimate of drug-likeness (QED) is 0.596. The first-order valence-corrected chi connectivity index (χ1v) is 7.55. The van der Waals surface area contributed by atoms with Crippen LogP contribution >= 0.6 is 0 Å². The van der Waals surface area contributed by atoms with Crippen LogP contribution in [-0.2, 0) is 0 Å². The Kier molecular flexibility index (Phi) is 4.52. The number of hydrogen-bond donors (Lipinski definition) is 0. The van der Waals surface area contributed by atoms with E-state index in [9.17, 15) is 10.1 Å². The van der Waals surface area contributed by atoms with Gasteiger partial charge in [-0.25, -0.2) is 0 Å². The number of aromatic nitrogens is 2. The lowest BCUT2D eigenvalue weighted by Gasteiger charge is -2.21. The summed E-state index contributed by atoms with van der Waals surface area (Å²) in [6.45, 7) is 3.71. The van der Waals surface area contributed by atoms with E-state index in [2.05, 4.69) is 15.1 Å². The lowest BCUT2D eigenvalue weighted by atomic mass is 10.2. The van der Waals surface area contributed by atoms with Crippen LogP contribution in [-0.4, -0.2) is 39.7 Å². The monoisotopic (exact) mass is 318 g/mol. The Morgan fingerprint density at radius 2 is 2.26 bits per heavy atom. The molecule has 0 aliphatic carbocycles. The summed E-state index contributed by atoms with van der Waals surface area (Å²) in [5, 5.41) is 18.9. The van der Waals surface area contributed by atoms with Crippen LogP contribution in [0.5, 0.6) is 5.75 Å². The van der Waals surface area contributed by atoms with Gasteiger partial charge in [-0.1, -0.05) is 12.1 Å². The van der Waals surface area contributed by atoms with Gasteiger partial charge >= 0.3 is 5.69 Å². The highest BCUT2D eigenvalue weighted by Gasteiger charge is 2.30. The normalized spacial score (nSPS) is 18.2. The molecule has 8 heteroatoms. The standard InChI is InChI=1S/C15H18N4O4/c1-11-16-17-15(23-11)13-6-4-8-18(13)9-10-22-14-7-3-2-5-12(14)19(20)21/h2-3,5,7,13H,4,6,8-10H2,1H3/t13-/m0/s1. The first-order chi connectivity index (χ1) is 11.1. The van der Waals surface area contributed by atoms with Gasteiger partial charge in [-0.15, -0.1) is 10.2 Å². The molecule has 0 radical (unpaired) electrons. The predicted octanol–water partition coefficient (Wildman–Crippen LogP) is 2.50. The molecule has 3 rings (SSSR count). The van der Waals surface area contributed by atoms with Crippen LogP contribution in [0, 0.1) is 17.0 Å². The first kappa shape index (κ1) is 15.4. The minimum Gasteiger partial charge on any atom is -0.485 e. The molecule has 1 aromatic carbocycles. The number of benzene rings is 1. The molecule has 2 heterocycles. The second kappa shape index (κ2) is 6.74. The van der Waals surface area contributed by atoms with Crippen LogP contribution < -0.4 is 4.74 Å². The van der Waals surface area contributed by atoms with E-state index in [1.807, 2.05) is 0 Å². The summed E-state index contributed by atoms with van der Waals surface area (Å²) >= 11 is 0. The zero-order chi connectivity index (χ0) is 16.2. The van der Waals surface area contributed by atoms with Gasteiger partial charge in [0.25, 0.3) is 0 Å². The van der Waals surface area contributed by atoms with Gasteiger partial charge in [-0.05, 0) is 25.5 Å². The summed E-state index contributed by atoms with van der Waals surface area (Å²) in [6, 6.07) is 6.50. The Balaban J connectivity index is 1.59. The van der Waals surface area contributed by atoms with E-state index >= 15 is 0 Å². The van der Waals surface area contributed by atoms with Crippen LogP contribution in [0.15, 0.2) is 28.7 Å². The zero-order valence-corrected chi connectivity index (χ0v) is 12.8. The third-order valence-corrected chi connectivity index (χ3v) is 3.89. The maximum absolute atomic E-state index is 11.0. The van der Waals surface area contributed by atoms with Gasteiger partial charge in [0.1, 0.15) is 6.61 Å². The molecule has 1 fully saturated rings. The number of para-hydroxylation sites is 2. The second-order valence-electron chi connectivity index (χ2n) is 5.43. The SMILES string of the molecule is Cc1nnc([C@@H]2CCCN2CCOc2ccccc2[N+](=O)[O-])o1. The number of nitro groups is 1. The fourth-order valence-electron chi connectivity index (χ4n) is 2.82. The smallest absolute Gasteiger partial charge is 0.310 e. The van der Waals surface area contributed by atoms with Crippen LogP contribution in [0.25, 0.3) is 0 Å². The molecule has 0 N–H and O–H groups in total. The van der Waals surface area contributed by atoms with Crippen molar-refractivity contribution in [2.45, 2.75) is 25.8 Å².